The lowest BCUT2D eigenvalue weighted by Crippen LogP contribution is -2.40. The lowest BCUT2D eigenvalue weighted by atomic mass is 10.1. The summed E-state index contributed by atoms with van der Waals surface area (Å²) in [5, 5.41) is 6.35. The van der Waals surface area contributed by atoms with E-state index < -0.39 is 15.6 Å². The number of rotatable bonds is 5. The highest BCUT2D eigenvalue weighted by Gasteiger charge is 2.21. The first kappa shape index (κ1) is 17.6. The first-order valence-electron chi connectivity index (χ1n) is 6.44. The van der Waals surface area contributed by atoms with E-state index in [1.807, 2.05) is 0 Å². The Balaban J connectivity index is 2.78. The normalized spacial score (nSPS) is 11.8. The predicted molar refractivity (Wildman–Crippen MR) is 90.9 cm³/mol. The van der Waals surface area contributed by atoms with Crippen molar-refractivity contribution in [2.45, 2.75) is 31.2 Å². The third-order valence-corrected chi connectivity index (χ3v) is 4.29. The number of hydrogen-bond donors (Lipinski definition) is 3. The summed E-state index contributed by atoms with van der Waals surface area (Å²) in [6.45, 7) is 9.53. The molecule has 0 saturated carbocycles. The van der Waals surface area contributed by atoms with Crippen LogP contribution in [0.3, 0.4) is 0 Å². The Morgan fingerprint density at radius 3 is 2.33 bits per heavy atom. The first-order valence-corrected chi connectivity index (χ1v) is 8.33. The van der Waals surface area contributed by atoms with Crippen LogP contribution in [-0.2, 0) is 10.0 Å². The third kappa shape index (κ3) is 6.24. The van der Waals surface area contributed by atoms with E-state index in [1.54, 1.807) is 39.0 Å². The SMILES string of the molecule is C=CCNC(=S)Nc1ccc(S(=O)(=O)NC(C)(C)C)cc1. The van der Waals surface area contributed by atoms with Gasteiger partial charge in [0.05, 0.1) is 4.90 Å². The molecule has 7 heteroatoms. The quantitative estimate of drug-likeness (QED) is 0.571. The minimum atomic E-state index is -3.52. The van der Waals surface area contributed by atoms with Crippen LogP contribution in [0.5, 0.6) is 0 Å². The number of hydrogen-bond acceptors (Lipinski definition) is 3. The highest BCUT2D eigenvalue weighted by Crippen LogP contribution is 2.16. The zero-order valence-electron chi connectivity index (χ0n) is 12.4. The fraction of sp³-hybridized carbons (Fsp3) is 0.357. The Kier molecular flexibility index (Phi) is 5.88. The van der Waals surface area contributed by atoms with Crippen molar-refractivity contribution < 1.29 is 8.42 Å². The Morgan fingerprint density at radius 1 is 1.29 bits per heavy atom. The second kappa shape index (κ2) is 7.02. The zero-order chi connectivity index (χ0) is 16.1. The van der Waals surface area contributed by atoms with Gasteiger partial charge in [-0.05, 0) is 57.3 Å². The Labute approximate surface area is 131 Å². The lowest BCUT2D eigenvalue weighted by Gasteiger charge is -2.20. The summed E-state index contributed by atoms with van der Waals surface area (Å²) in [6.07, 6.45) is 1.70. The molecule has 116 valence electrons. The predicted octanol–water partition coefficient (Wildman–Crippen LogP) is 2.24. The van der Waals surface area contributed by atoms with Crippen LogP contribution in [0.15, 0.2) is 41.8 Å². The molecule has 1 aromatic rings. The van der Waals surface area contributed by atoms with E-state index in [9.17, 15) is 8.42 Å². The summed E-state index contributed by atoms with van der Waals surface area (Å²) < 4.78 is 26.9. The summed E-state index contributed by atoms with van der Waals surface area (Å²) >= 11 is 5.08. The average Bonchev–Trinajstić information content (AvgIpc) is 2.34. The number of benzene rings is 1. The van der Waals surface area contributed by atoms with Gasteiger partial charge in [0.25, 0.3) is 0 Å². The van der Waals surface area contributed by atoms with Crippen LogP contribution < -0.4 is 15.4 Å². The van der Waals surface area contributed by atoms with Gasteiger partial charge in [0.1, 0.15) is 0 Å². The number of sulfonamides is 1. The molecular formula is C14H21N3O2S2. The zero-order valence-corrected chi connectivity index (χ0v) is 14.1. The van der Waals surface area contributed by atoms with Crippen molar-refractivity contribution in [3.63, 3.8) is 0 Å². The number of nitrogens with one attached hydrogen (secondary N) is 3. The van der Waals surface area contributed by atoms with Crippen LogP contribution in [0, 0.1) is 0 Å². The monoisotopic (exact) mass is 327 g/mol. The number of anilines is 1. The van der Waals surface area contributed by atoms with Crippen molar-refractivity contribution in [1.82, 2.24) is 10.0 Å². The lowest BCUT2D eigenvalue weighted by molar-refractivity contribution is 0.491. The minimum Gasteiger partial charge on any atom is -0.359 e. The van der Waals surface area contributed by atoms with Gasteiger partial charge in [0.2, 0.25) is 10.0 Å². The smallest absolute Gasteiger partial charge is 0.241 e. The van der Waals surface area contributed by atoms with Gasteiger partial charge >= 0.3 is 0 Å². The third-order valence-electron chi connectivity index (χ3n) is 2.27. The maximum atomic E-state index is 12.1. The van der Waals surface area contributed by atoms with Gasteiger partial charge in [0.15, 0.2) is 5.11 Å². The van der Waals surface area contributed by atoms with Crippen LogP contribution >= 0.6 is 12.2 Å². The van der Waals surface area contributed by atoms with E-state index in [0.717, 1.165) is 0 Å². The molecule has 0 aliphatic carbocycles. The van der Waals surface area contributed by atoms with Crippen molar-refractivity contribution in [3.05, 3.63) is 36.9 Å². The van der Waals surface area contributed by atoms with Gasteiger partial charge in [-0.1, -0.05) is 6.08 Å². The van der Waals surface area contributed by atoms with E-state index in [-0.39, 0.29) is 4.90 Å². The summed E-state index contributed by atoms with van der Waals surface area (Å²) in [5.74, 6) is 0. The van der Waals surface area contributed by atoms with Gasteiger partial charge in [-0.2, -0.15) is 0 Å². The fourth-order valence-electron chi connectivity index (χ4n) is 1.52. The summed E-state index contributed by atoms with van der Waals surface area (Å²) in [4.78, 5) is 0.216. The van der Waals surface area contributed by atoms with Crippen molar-refractivity contribution in [2.75, 3.05) is 11.9 Å². The van der Waals surface area contributed by atoms with Crippen LogP contribution in [0.1, 0.15) is 20.8 Å². The van der Waals surface area contributed by atoms with Gasteiger partial charge < -0.3 is 10.6 Å². The molecule has 21 heavy (non-hydrogen) atoms. The maximum absolute atomic E-state index is 12.1. The van der Waals surface area contributed by atoms with E-state index in [4.69, 9.17) is 12.2 Å². The minimum absolute atomic E-state index is 0.216. The molecule has 0 saturated heterocycles. The van der Waals surface area contributed by atoms with Crippen molar-refractivity contribution in [1.29, 1.82) is 0 Å². The topological polar surface area (TPSA) is 70.2 Å². The number of thiocarbonyl (C=S) groups is 1. The van der Waals surface area contributed by atoms with Crippen molar-refractivity contribution in [3.8, 4) is 0 Å². The highest BCUT2D eigenvalue weighted by molar-refractivity contribution is 7.89. The average molecular weight is 327 g/mol. The Bertz CT molecular complexity index is 602. The van der Waals surface area contributed by atoms with Gasteiger partial charge in [-0.15, -0.1) is 6.58 Å². The fourth-order valence-corrected chi connectivity index (χ4v) is 3.14. The maximum Gasteiger partial charge on any atom is 0.241 e. The van der Waals surface area contributed by atoms with Gasteiger partial charge in [0, 0.05) is 17.8 Å². The molecule has 0 fully saturated rings. The molecule has 0 aliphatic rings. The molecule has 1 aromatic carbocycles. The van der Waals surface area contributed by atoms with E-state index in [0.29, 0.717) is 17.3 Å². The molecule has 0 radical (unpaired) electrons. The molecule has 3 N–H and O–H groups in total. The van der Waals surface area contributed by atoms with Crippen LogP contribution in [0.4, 0.5) is 5.69 Å². The van der Waals surface area contributed by atoms with Gasteiger partial charge in [-0.25, -0.2) is 13.1 Å². The molecule has 0 unspecified atom stereocenters. The molecule has 0 aromatic heterocycles. The van der Waals surface area contributed by atoms with Crippen molar-refractivity contribution in [2.24, 2.45) is 0 Å². The molecule has 5 nitrogen and oxygen atoms in total. The molecular weight excluding hydrogens is 306 g/mol. The second-order valence-electron chi connectivity index (χ2n) is 5.50. The molecule has 0 atom stereocenters. The summed E-state index contributed by atoms with van der Waals surface area (Å²) in [5.41, 5.74) is 0.192. The standard InChI is InChI=1S/C14H21N3O2S2/c1-5-10-15-13(20)16-11-6-8-12(9-7-11)21(18,19)17-14(2,3)4/h5-9,17H,1,10H2,2-4H3,(H2,15,16,20). The molecule has 0 heterocycles. The first-order chi connectivity index (χ1) is 9.64. The molecule has 0 spiro atoms. The van der Waals surface area contributed by atoms with Crippen LogP contribution in [0.25, 0.3) is 0 Å². The van der Waals surface area contributed by atoms with Crippen molar-refractivity contribution >= 4 is 33.0 Å². The summed E-state index contributed by atoms with van der Waals surface area (Å²) in [7, 11) is -3.52. The summed E-state index contributed by atoms with van der Waals surface area (Å²) in [6, 6.07) is 6.40. The van der Waals surface area contributed by atoms with Crippen LogP contribution in [-0.4, -0.2) is 25.6 Å². The van der Waals surface area contributed by atoms with Crippen LogP contribution in [0.2, 0.25) is 0 Å². The highest BCUT2D eigenvalue weighted by atomic mass is 32.2. The largest absolute Gasteiger partial charge is 0.359 e. The van der Waals surface area contributed by atoms with E-state index in [1.165, 1.54) is 12.1 Å². The molecule has 1 rings (SSSR count). The van der Waals surface area contributed by atoms with E-state index in [2.05, 4.69) is 21.9 Å². The molecule has 0 amide bonds. The second-order valence-corrected chi connectivity index (χ2v) is 7.59. The molecule has 0 aliphatic heterocycles. The molecule has 0 bridgehead atoms. The van der Waals surface area contributed by atoms with E-state index >= 15 is 0 Å². The Morgan fingerprint density at radius 2 is 1.86 bits per heavy atom. The Hall–Kier alpha value is -1.44. The van der Waals surface area contributed by atoms with Gasteiger partial charge in [-0.3, -0.25) is 0 Å².